The largest absolute Gasteiger partial charge is 0.484 e. The van der Waals surface area contributed by atoms with Crippen LogP contribution in [0.4, 0.5) is 5.69 Å². The van der Waals surface area contributed by atoms with E-state index in [9.17, 15) is 14.4 Å². The third-order valence-electron chi connectivity index (χ3n) is 4.06. The maximum Gasteiger partial charge on any atom is 0.354 e. The van der Waals surface area contributed by atoms with Crippen molar-refractivity contribution in [1.29, 1.82) is 0 Å². The Morgan fingerprint density at radius 3 is 2.50 bits per heavy atom. The number of nitrogens with one attached hydrogen (secondary N) is 1. The Bertz CT molecular complexity index is 755. The quantitative estimate of drug-likeness (QED) is 0.539. The highest BCUT2D eigenvalue weighted by atomic mass is 16.5. The van der Waals surface area contributed by atoms with E-state index in [1.165, 1.54) is 14.2 Å². The molecule has 28 heavy (non-hydrogen) atoms. The Morgan fingerprint density at radius 2 is 1.89 bits per heavy atom. The molecule has 9 nitrogen and oxygen atoms in total. The number of rotatable bonds is 7. The minimum Gasteiger partial charge on any atom is -0.484 e. The maximum atomic E-state index is 12.1. The van der Waals surface area contributed by atoms with Crippen molar-refractivity contribution in [1.82, 2.24) is 4.90 Å². The zero-order valence-electron chi connectivity index (χ0n) is 16.1. The van der Waals surface area contributed by atoms with Gasteiger partial charge >= 0.3 is 11.9 Å². The molecule has 1 N–H and O–H groups in total. The van der Waals surface area contributed by atoms with Crippen LogP contribution in [0.25, 0.3) is 0 Å². The SMILES string of the molecule is COC(=O)/C=C(/Nc1ccc(OCC(=O)N2CCOCC2)cc1C)C(=O)OC. The number of aryl methyl sites for hydroxylation is 1. The molecule has 0 aromatic heterocycles. The highest BCUT2D eigenvalue weighted by Gasteiger charge is 2.18. The Labute approximate surface area is 163 Å². The molecule has 1 aromatic carbocycles. The summed E-state index contributed by atoms with van der Waals surface area (Å²) in [5, 5.41) is 2.85. The minimum absolute atomic E-state index is 0.0615. The minimum atomic E-state index is -0.707. The Balaban J connectivity index is 2.02. The van der Waals surface area contributed by atoms with Gasteiger partial charge in [0, 0.05) is 18.8 Å². The number of morpholine rings is 1. The fraction of sp³-hybridized carbons (Fsp3) is 0.421. The molecule has 9 heteroatoms. The summed E-state index contributed by atoms with van der Waals surface area (Å²) >= 11 is 0. The van der Waals surface area contributed by atoms with Gasteiger partial charge in [0.05, 0.1) is 33.5 Å². The van der Waals surface area contributed by atoms with E-state index in [0.717, 1.165) is 11.6 Å². The van der Waals surface area contributed by atoms with Gasteiger partial charge in [0.15, 0.2) is 6.61 Å². The molecule has 0 saturated carbocycles. The molecule has 1 amide bonds. The number of hydrogen-bond acceptors (Lipinski definition) is 8. The van der Waals surface area contributed by atoms with Gasteiger partial charge in [0.2, 0.25) is 0 Å². The summed E-state index contributed by atoms with van der Waals surface area (Å²) in [5.74, 6) is -0.980. The molecule has 1 saturated heterocycles. The van der Waals surface area contributed by atoms with Gasteiger partial charge in [-0.05, 0) is 30.7 Å². The third kappa shape index (κ3) is 5.98. The van der Waals surface area contributed by atoms with Gasteiger partial charge in [-0.2, -0.15) is 0 Å². The molecule has 1 aromatic rings. The summed E-state index contributed by atoms with van der Waals surface area (Å²) in [6.45, 7) is 3.92. The van der Waals surface area contributed by atoms with Crippen molar-refractivity contribution in [3.05, 3.63) is 35.5 Å². The van der Waals surface area contributed by atoms with Gasteiger partial charge < -0.3 is 29.2 Å². The van der Waals surface area contributed by atoms with Crippen molar-refractivity contribution in [3.63, 3.8) is 0 Å². The standard InChI is InChI=1S/C19H24N2O7/c1-13-10-14(28-12-17(22)21-6-8-27-9-7-21)4-5-15(13)20-16(19(24)26-3)11-18(23)25-2/h4-5,10-11,20H,6-9,12H2,1-3H3/b16-11+. The Kier molecular flexibility index (Phi) is 7.82. The number of ether oxygens (including phenoxy) is 4. The number of anilines is 1. The molecular formula is C19H24N2O7. The van der Waals surface area contributed by atoms with Gasteiger partial charge in [-0.1, -0.05) is 0 Å². The molecule has 0 bridgehead atoms. The topological polar surface area (TPSA) is 103 Å². The van der Waals surface area contributed by atoms with Crippen LogP contribution in [0.5, 0.6) is 5.75 Å². The van der Waals surface area contributed by atoms with Gasteiger partial charge in [-0.3, -0.25) is 4.79 Å². The van der Waals surface area contributed by atoms with Crippen LogP contribution < -0.4 is 10.1 Å². The molecule has 0 aliphatic carbocycles. The number of amides is 1. The van der Waals surface area contributed by atoms with Crippen molar-refractivity contribution in [3.8, 4) is 5.75 Å². The first-order valence-electron chi connectivity index (χ1n) is 8.68. The van der Waals surface area contributed by atoms with E-state index in [2.05, 4.69) is 14.8 Å². The van der Waals surface area contributed by atoms with E-state index in [0.29, 0.717) is 37.7 Å². The molecule has 152 valence electrons. The molecular weight excluding hydrogens is 368 g/mol. The lowest BCUT2D eigenvalue weighted by Crippen LogP contribution is -2.42. The van der Waals surface area contributed by atoms with E-state index in [4.69, 9.17) is 9.47 Å². The van der Waals surface area contributed by atoms with E-state index in [1.807, 2.05) is 0 Å². The summed E-state index contributed by atoms with van der Waals surface area (Å²) < 4.78 is 20.0. The molecule has 0 spiro atoms. The number of hydrogen-bond donors (Lipinski definition) is 1. The molecule has 0 atom stereocenters. The summed E-state index contributed by atoms with van der Waals surface area (Å²) in [7, 11) is 2.42. The zero-order valence-corrected chi connectivity index (χ0v) is 16.1. The van der Waals surface area contributed by atoms with Gasteiger partial charge in [0.25, 0.3) is 5.91 Å². The van der Waals surface area contributed by atoms with Gasteiger partial charge in [-0.25, -0.2) is 9.59 Å². The summed E-state index contributed by atoms with van der Waals surface area (Å²) in [5.41, 5.74) is 1.26. The lowest BCUT2D eigenvalue weighted by atomic mass is 10.2. The summed E-state index contributed by atoms with van der Waals surface area (Å²) in [6, 6.07) is 5.06. The fourth-order valence-corrected chi connectivity index (χ4v) is 2.49. The highest BCUT2D eigenvalue weighted by Crippen LogP contribution is 2.23. The molecule has 1 fully saturated rings. The van der Waals surface area contributed by atoms with Crippen LogP contribution in [0.15, 0.2) is 30.0 Å². The smallest absolute Gasteiger partial charge is 0.354 e. The van der Waals surface area contributed by atoms with Crippen LogP contribution in [-0.4, -0.2) is 69.9 Å². The van der Waals surface area contributed by atoms with Gasteiger partial charge in [-0.15, -0.1) is 0 Å². The normalized spacial score (nSPS) is 14.2. The van der Waals surface area contributed by atoms with Crippen LogP contribution in [0.3, 0.4) is 0 Å². The van der Waals surface area contributed by atoms with Crippen molar-refractivity contribution >= 4 is 23.5 Å². The fourth-order valence-electron chi connectivity index (χ4n) is 2.49. The number of benzene rings is 1. The van der Waals surface area contributed by atoms with Crippen LogP contribution in [-0.2, 0) is 28.6 Å². The molecule has 1 aliphatic rings. The van der Waals surface area contributed by atoms with Gasteiger partial charge in [0.1, 0.15) is 11.4 Å². The molecule has 0 radical (unpaired) electrons. The first-order chi connectivity index (χ1) is 13.4. The number of carbonyl (C=O) groups is 3. The van der Waals surface area contributed by atoms with Crippen molar-refractivity contribution in [2.24, 2.45) is 0 Å². The van der Waals surface area contributed by atoms with E-state index < -0.39 is 11.9 Å². The van der Waals surface area contributed by atoms with E-state index >= 15 is 0 Å². The van der Waals surface area contributed by atoms with Crippen LogP contribution in [0.2, 0.25) is 0 Å². The second-order valence-corrected chi connectivity index (χ2v) is 5.96. The van der Waals surface area contributed by atoms with E-state index in [-0.39, 0.29) is 18.2 Å². The van der Waals surface area contributed by atoms with E-state index in [1.54, 1.807) is 30.0 Å². The van der Waals surface area contributed by atoms with Crippen LogP contribution in [0.1, 0.15) is 5.56 Å². The number of nitrogens with zero attached hydrogens (tertiary/aromatic N) is 1. The predicted octanol–water partition coefficient (Wildman–Crippen LogP) is 0.874. The zero-order chi connectivity index (χ0) is 20.5. The summed E-state index contributed by atoms with van der Waals surface area (Å²) in [4.78, 5) is 37.1. The molecule has 0 unspecified atom stereocenters. The third-order valence-corrected chi connectivity index (χ3v) is 4.06. The molecule has 2 rings (SSSR count). The number of esters is 2. The lowest BCUT2D eigenvalue weighted by molar-refractivity contribution is -0.138. The second-order valence-electron chi connectivity index (χ2n) is 5.96. The second kappa shape index (κ2) is 10.3. The summed E-state index contributed by atoms with van der Waals surface area (Å²) in [6.07, 6.45) is 1.01. The van der Waals surface area contributed by atoms with Crippen molar-refractivity contribution in [2.75, 3.05) is 52.4 Å². The average molecular weight is 392 g/mol. The first kappa shape index (κ1) is 21.2. The molecule has 1 heterocycles. The van der Waals surface area contributed by atoms with Crippen LogP contribution in [0, 0.1) is 6.92 Å². The monoisotopic (exact) mass is 392 g/mol. The lowest BCUT2D eigenvalue weighted by Gasteiger charge is -2.26. The Morgan fingerprint density at radius 1 is 1.18 bits per heavy atom. The van der Waals surface area contributed by atoms with Crippen LogP contribution >= 0.6 is 0 Å². The molecule has 1 aliphatic heterocycles. The highest BCUT2D eigenvalue weighted by molar-refractivity contribution is 5.98. The van der Waals surface area contributed by atoms with Crippen molar-refractivity contribution in [2.45, 2.75) is 6.92 Å². The maximum absolute atomic E-state index is 12.1. The first-order valence-corrected chi connectivity index (χ1v) is 8.68. The van der Waals surface area contributed by atoms with Crippen molar-refractivity contribution < 1.29 is 33.3 Å². The number of methoxy groups -OCH3 is 2. The number of carbonyl (C=O) groups excluding carboxylic acids is 3. The Hall–Kier alpha value is -3.07. The average Bonchev–Trinajstić information content (AvgIpc) is 2.72. The predicted molar refractivity (Wildman–Crippen MR) is 99.8 cm³/mol.